The molecule has 7 nitrogen and oxygen atoms in total. The van der Waals surface area contributed by atoms with Crippen LogP contribution in [0.4, 0.5) is 5.82 Å². The summed E-state index contributed by atoms with van der Waals surface area (Å²) in [5, 5.41) is 8.89. The van der Waals surface area contributed by atoms with Gasteiger partial charge in [0.05, 0.1) is 20.1 Å². The molecule has 0 fully saturated rings. The van der Waals surface area contributed by atoms with Crippen LogP contribution in [0.15, 0.2) is 30.6 Å². The van der Waals surface area contributed by atoms with Crippen molar-refractivity contribution in [1.29, 1.82) is 0 Å². The van der Waals surface area contributed by atoms with Crippen molar-refractivity contribution in [3.05, 3.63) is 30.6 Å². The van der Waals surface area contributed by atoms with Crippen LogP contribution in [0, 0.1) is 0 Å². The molecule has 0 aliphatic carbocycles. The van der Waals surface area contributed by atoms with E-state index >= 15 is 0 Å². The zero-order valence-electron chi connectivity index (χ0n) is 14.1. The first-order valence-corrected chi connectivity index (χ1v) is 8.07. The lowest BCUT2D eigenvalue weighted by atomic mass is 10.2. The Hall–Kier alpha value is -2.83. The van der Waals surface area contributed by atoms with Gasteiger partial charge >= 0.3 is 0 Å². The summed E-state index contributed by atoms with van der Waals surface area (Å²) >= 11 is 0. The van der Waals surface area contributed by atoms with Gasteiger partial charge in [-0.3, -0.25) is 4.57 Å². The molecule has 24 heavy (non-hydrogen) atoms. The Kier molecular flexibility index (Phi) is 3.48. The Balaban J connectivity index is 1.86. The summed E-state index contributed by atoms with van der Waals surface area (Å²) in [5.41, 5.74) is 2.01. The molecule has 0 N–H and O–H groups in total. The largest absolute Gasteiger partial charge is 0.497 e. The van der Waals surface area contributed by atoms with Crippen molar-refractivity contribution in [3.63, 3.8) is 0 Å². The SMILES string of the molecule is CCCN1Cn2c(-c3cccc(OC)c3)nnc2-c2c1ncn2C. The number of hydrogen-bond donors (Lipinski definition) is 0. The van der Waals surface area contributed by atoms with Gasteiger partial charge in [-0.2, -0.15) is 0 Å². The minimum absolute atomic E-state index is 0.701. The first-order valence-electron chi connectivity index (χ1n) is 8.07. The number of hydrogen-bond acceptors (Lipinski definition) is 5. The number of fused-ring (bicyclic) bond motifs is 3. The van der Waals surface area contributed by atoms with E-state index in [1.807, 2.05) is 42.2 Å². The van der Waals surface area contributed by atoms with Crippen LogP contribution in [0.25, 0.3) is 22.9 Å². The smallest absolute Gasteiger partial charge is 0.186 e. The van der Waals surface area contributed by atoms with E-state index in [0.29, 0.717) is 6.67 Å². The standard InChI is InChI=1S/C17H20N6O/c1-4-8-22-11-23-15(12-6-5-7-13(9-12)24-3)19-20-17(23)14-16(22)18-10-21(14)2/h5-7,9-10H,4,8,11H2,1-3H3. The maximum atomic E-state index is 5.34. The predicted molar refractivity (Wildman–Crippen MR) is 91.8 cm³/mol. The van der Waals surface area contributed by atoms with Gasteiger partial charge in [0.1, 0.15) is 11.4 Å². The average molecular weight is 324 g/mol. The molecule has 0 bridgehead atoms. The first kappa shape index (κ1) is 14.7. The molecule has 3 aromatic rings. The van der Waals surface area contributed by atoms with Gasteiger partial charge in [0.2, 0.25) is 0 Å². The van der Waals surface area contributed by atoms with Gasteiger partial charge in [-0.25, -0.2) is 4.98 Å². The molecule has 1 aliphatic heterocycles. The lowest BCUT2D eigenvalue weighted by Crippen LogP contribution is -2.32. The molecule has 7 heteroatoms. The van der Waals surface area contributed by atoms with E-state index in [2.05, 4.69) is 31.6 Å². The van der Waals surface area contributed by atoms with E-state index in [-0.39, 0.29) is 0 Å². The van der Waals surface area contributed by atoms with Gasteiger partial charge in [-0.05, 0) is 18.6 Å². The van der Waals surface area contributed by atoms with Crippen molar-refractivity contribution in [3.8, 4) is 28.7 Å². The molecule has 0 amide bonds. The van der Waals surface area contributed by atoms with Gasteiger partial charge in [0.25, 0.3) is 0 Å². The Labute approximate surface area is 140 Å². The zero-order chi connectivity index (χ0) is 16.7. The first-order chi connectivity index (χ1) is 11.7. The summed E-state index contributed by atoms with van der Waals surface area (Å²) in [4.78, 5) is 6.83. The minimum Gasteiger partial charge on any atom is -0.497 e. The normalized spacial score (nSPS) is 12.9. The summed E-state index contributed by atoms with van der Waals surface area (Å²) in [6.45, 7) is 3.82. The van der Waals surface area contributed by atoms with Gasteiger partial charge in [-0.1, -0.05) is 19.1 Å². The minimum atomic E-state index is 0.701. The van der Waals surface area contributed by atoms with Crippen LogP contribution < -0.4 is 9.64 Å². The topological polar surface area (TPSA) is 61.0 Å². The maximum absolute atomic E-state index is 5.34. The molecule has 0 saturated carbocycles. The van der Waals surface area contributed by atoms with Crippen LogP contribution in [0.3, 0.4) is 0 Å². The molecule has 2 aromatic heterocycles. The fraction of sp³-hybridized carbons (Fsp3) is 0.353. The Morgan fingerprint density at radius 1 is 1.21 bits per heavy atom. The highest BCUT2D eigenvalue weighted by molar-refractivity contribution is 5.73. The summed E-state index contributed by atoms with van der Waals surface area (Å²) in [6.07, 6.45) is 2.89. The van der Waals surface area contributed by atoms with Gasteiger partial charge < -0.3 is 14.2 Å². The Bertz CT molecular complexity index is 881. The van der Waals surface area contributed by atoms with E-state index in [0.717, 1.165) is 47.4 Å². The molecule has 0 radical (unpaired) electrons. The molecule has 124 valence electrons. The van der Waals surface area contributed by atoms with E-state index in [1.165, 1.54) is 0 Å². The van der Waals surface area contributed by atoms with Crippen molar-refractivity contribution in [2.45, 2.75) is 20.0 Å². The highest BCUT2D eigenvalue weighted by Gasteiger charge is 2.29. The number of ether oxygens (including phenoxy) is 1. The molecule has 1 aliphatic rings. The second-order valence-electron chi connectivity index (χ2n) is 5.94. The molecule has 1 aromatic carbocycles. The summed E-state index contributed by atoms with van der Waals surface area (Å²) in [6, 6.07) is 7.92. The van der Waals surface area contributed by atoms with Gasteiger partial charge in [0.15, 0.2) is 17.5 Å². The van der Waals surface area contributed by atoms with Crippen LogP contribution in [0.1, 0.15) is 13.3 Å². The number of aryl methyl sites for hydroxylation is 1. The number of methoxy groups -OCH3 is 1. The van der Waals surface area contributed by atoms with E-state index in [1.54, 1.807) is 7.11 Å². The fourth-order valence-corrected chi connectivity index (χ4v) is 3.18. The molecule has 0 atom stereocenters. The number of nitrogens with zero attached hydrogens (tertiary/aromatic N) is 6. The third kappa shape index (κ3) is 2.16. The Morgan fingerprint density at radius 2 is 2.04 bits per heavy atom. The number of anilines is 1. The van der Waals surface area contributed by atoms with Crippen molar-refractivity contribution < 1.29 is 4.74 Å². The second kappa shape index (κ2) is 5.67. The molecular formula is C17H20N6O. The third-order valence-corrected chi connectivity index (χ3v) is 4.31. The Morgan fingerprint density at radius 3 is 2.83 bits per heavy atom. The van der Waals surface area contributed by atoms with Crippen LogP contribution in [0.2, 0.25) is 0 Å². The molecule has 4 rings (SSSR count). The van der Waals surface area contributed by atoms with Crippen molar-refractivity contribution in [1.82, 2.24) is 24.3 Å². The van der Waals surface area contributed by atoms with Crippen molar-refractivity contribution in [2.24, 2.45) is 7.05 Å². The highest BCUT2D eigenvalue weighted by Crippen LogP contribution is 2.36. The number of rotatable bonds is 4. The van der Waals surface area contributed by atoms with Crippen LogP contribution in [-0.2, 0) is 13.7 Å². The number of imidazole rings is 1. The van der Waals surface area contributed by atoms with Gasteiger partial charge in [-0.15, -0.1) is 10.2 Å². The molecule has 3 heterocycles. The summed E-state index contributed by atoms with van der Waals surface area (Å²) < 4.78 is 9.49. The molecule has 0 unspecified atom stereocenters. The second-order valence-corrected chi connectivity index (χ2v) is 5.94. The summed E-state index contributed by atoms with van der Waals surface area (Å²) in [7, 11) is 3.66. The van der Waals surface area contributed by atoms with Gasteiger partial charge in [0, 0.05) is 19.2 Å². The molecule has 0 saturated heterocycles. The van der Waals surface area contributed by atoms with E-state index in [9.17, 15) is 0 Å². The van der Waals surface area contributed by atoms with E-state index < -0.39 is 0 Å². The number of benzene rings is 1. The van der Waals surface area contributed by atoms with Crippen LogP contribution in [-0.4, -0.2) is 38.0 Å². The average Bonchev–Trinajstić information content (AvgIpc) is 3.19. The lowest BCUT2D eigenvalue weighted by Gasteiger charge is -2.29. The predicted octanol–water partition coefficient (Wildman–Crippen LogP) is 2.54. The molecular weight excluding hydrogens is 304 g/mol. The summed E-state index contributed by atoms with van der Waals surface area (Å²) in [5.74, 6) is 3.50. The van der Waals surface area contributed by atoms with Crippen molar-refractivity contribution in [2.75, 3.05) is 18.6 Å². The zero-order valence-corrected chi connectivity index (χ0v) is 14.1. The molecule has 0 spiro atoms. The fourth-order valence-electron chi connectivity index (χ4n) is 3.18. The lowest BCUT2D eigenvalue weighted by molar-refractivity contribution is 0.415. The monoisotopic (exact) mass is 324 g/mol. The quantitative estimate of drug-likeness (QED) is 0.738. The van der Waals surface area contributed by atoms with Crippen molar-refractivity contribution >= 4 is 5.82 Å². The van der Waals surface area contributed by atoms with Crippen LogP contribution in [0.5, 0.6) is 5.75 Å². The maximum Gasteiger partial charge on any atom is 0.186 e. The third-order valence-electron chi connectivity index (χ3n) is 4.31. The highest BCUT2D eigenvalue weighted by atomic mass is 16.5. The van der Waals surface area contributed by atoms with Crippen LogP contribution >= 0.6 is 0 Å². The van der Waals surface area contributed by atoms with E-state index in [4.69, 9.17) is 4.74 Å². The number of aromatic nitrogens is 5.